The second kappa shape index (κ2) is 9.39. The summed E-state index contributed by atoms with van der Waals surface area (Å²) >= 11 is 0. The summed E-state index contributed by atoms with van der Waals surface area (Å²) in [6, 6.07) is 19.1. The smallest absolute Gasteiger partial charge is 0.251 e. The highest BCUT2D eigenvalue weighted by molar-refractivity contribution is 5.94. The van der Waals surface area contributed by atoms with E-state index in [-0.39, 0.29) is 5.91 Å². The van der Waals surface area contributed by atoms with E-state index in [0.29, 0.717) is 17.7 Å². The third-order valence-corrected chi connectivity index (χ3v) is 3.53. The highest BCUT2D eigenvalue weighted by Gasteiger charge is 2.04. The Morgan fingerprint density at radius 3 is 2.39 bits per heavy atom. The van der Waals surface area contributed by atoms with Crippen molar-refractivity contribution in [1.29, 1.82) is 5.26 Å². The SMILES string of the molecule is N#Cc1ccc(C(=O)NCCCNCCc2ccccc2)cc1. The van der Waals surface area contributed by atoms with Gasteiger partial charge in [0.2, 0.25) is 0 Å². The molecule has 0 heterocycles. The fraction of sp³-hybridized carbons (Fsp3) is 0.263. The molecule has 2 rings (SSSR count). The van der Waals surface area contributed by atoms with Crippen molar-refractivity contribution in [3.8, 4) is 6.07 Å². The van der Waals surface area contributed by atoms with Gasteiger partial charge in [-0.3, -0.25) is 4.79 Å². The van der Waals surface area contributed by atoms with Crippen LogP contribution in [0.2, 0.25) is 0 Å². The van der Waals surface area contributed by atoms with E-state index in [2.05, 4.69) is 22.8 Å². The van der Waals surface area contributed by atoms with Crippen LogP contribution in [0, 0.1) is 11.3 Å². The maximum absolute atomic E-state index is 11.9. The normalized spacial score (nSPS) is 10.0. The largest absolute Gasteiger partial charge is 0.352 e. The minimum absolute atomic E-state index is 0.0984. The van der Waals surface area contributed by atoms with Gasteiger partial charge in [0.25, 0.3) is 5.91 Å². The monoisotopic (exact) mass is 307 g/mol. The molecular formula is C19H21N3O. The summed E-state index contributed by atoms with van der Waals surface area (Å²) in [5.74, 6) is -0.0984. The van der Waals surface area contributed by atoms with Crippen LogP contribution < -0.4 is 10.6 Å². The number of carbonyl (C=O) groups excluding carboxylic acids is 1. The summed E-state index contributed by atoms with van der Waals surface area (Å²) in [6.07, 6.45) is 1.90. The number of nitrogens with zero attached hydrogens (tertiary/aromatic N) is 1. The number of hydrogen-bond donors (Lipinski definition) is 2. The van der Waals surface area contributed by atoms with Crippen LogP contribution in [0.5, 0.6) is 0 Å². The third-order valence-electron chi connectivity index (χ3n) is 3.53. The molecule has 0 aliphatic rings. The lowest BCUT2D eigenvalue weighted by atomic mass is 10.1. The van der Waals surface area contributed by atoms with E-state index in [1.54, 1.807) is 24.3 Å². The Balaban J connectivity index is 1.56. The molecule has 2 N–H and O–H groups in total. The maximum Gasteiger partial charge on any atom is 0.251 e. The molecule has 0 radical (unpaired) electrons. The molecule has 118 valence electrons. The van der Waals surface area contributed by atoms with Gasteiger partial charge in [0.15, 0.2) is 0 Å². The van der Waals surface area contributed by atoms with E-state index in [9.17, 15) is 4.79 Å². The molecule has 0 aliphatic carbocycles. The van der Waals surface area contributed by atoms with Crippen LogP contribution in [-0.4, -0.2) is 25.5 Å². The number of carbonyl (C=O) groups is 1. The van der Waals surface area contributed by atoms with Crippen LogP contribution in [-0.2, 0) is 6.42 Å². The lowest BCUT2D eigenvalue weighted by Gasteiger charge is -2.07. The number of rotatable bonds is 8. The lowest BCUT2D eigenvalue weighted by Crippen LogP contribution is -2.28. The van der Waals surface area contributed by atoms with Gasteiger partial charge in [-0.1, -0.05) is 30.3 Å². The summed E-state index contributed by atoms with van der Waals surface area (Å²) in [7, 11) is 0. The first-order valence-corrected chi connectivity index (χ1v) is 7.82. The van der Waals surface area contributed by atoms with Crippen molar-refractivity contribution >= 4 is 5.91 Å². The van der Waals surface area contributed by atoms with Gasteiger partial charge >= 0.3 is 0 Å². The van der Waals surface area contributed by atoms with Gasteiger partial charge in [0, 0.05) is 12.1 Å². The molecule has 0 aliphatic heterocycles. The minimum Gasteiger partial charge on any atom is -0.352 e. The van der Waals surface area contributed by atoms with E-state index in [4.69, 9.17) is 5.26 Å². The van der Waals surface area contributed by atoms with Crippen molar-refractivity contribution in [2.45, 2.75) is 12.8 Å². The molecule has 4 nitrogen and oxygen atoms in total. The Morgan fingerprint density at radius 2 is 1.70 bits per heavy atom. The molecule has 0 aromatic heterocycles. The van der Waals surface area contributed by atoms with Crippen molar-refractivity contribution in [2.75, 3.05) is 19.6 Å². The minimum atomic E-state index is -0.0984. The summed E-state index contributed by atoms with van der Waals surface area (Å²) in [4.78, 5) is 11.9. The number of benzene rings is 2. The molecule has 0 spiro atoms. The Morgan fingerprint density at radius 1 is 0.957 bits per heavy atom. The van der Waals surface area contributed by atoms with Crippen molar-refractivity contribution in [2.24, 2.45) is 0 Å². The van der Waals surface area contributed by atoms with Crippen molar-refractivity contribution in [3.63, 3.8) is 0 Å². The number of amides is 1. The molecule has 0 saturated carbocycles. The molecule has 0 fully saturated rings. The molecule has 0 bridgehead atoms. The standard InChI is InChI=1S/C19H21N3O/c20-15-17-7-9-18(10-8-17)19(23)22-13-4-12-21-14-11-16-5-2-1-3-6-16/h1-3,5-10,21H,4,11-14H2,(H,22,23). The second-order valence-electron chi connectivity index (χ2n) is 5.28. The maximum atomic E-state index is 11.9. The van der Waals surface area contributed by atoms with E-state index in [0.717, 1.165) is 25.9 Å². The first kappa shape index (κ1) is 16.7. The quantitative estimate of drug-likeness (QED) is 0.737. The van der Waals surface area contributed by atoms with E-state index < -0.39 is 0 Å². The predicted octanol–water partition coefficient (Wildman–Crippen LogP) is 2.51. The summed E-state index contributed by atoms with van der Waals surface area (Å²) < 4.78 is 0. The first-order chi connectivity index (χ1) is 11.3. The highest BCUT2D eigenvalue weighted by atomic mass is 16.1. The van der Waals surface area contributed by atoms with Gasteiger partial charge in [-0.15, -0.1) is 0 Å². The lowest BCUT2D eigenvalue weighted by molar-refractivity contribution is 0.0953. The third kappa shape index (κ3) is 5.93. The summed E-state index contributed by atoms with van der Waals surface area (Å²) in [5, 5.41) is 15.0. The zero-order valence-electron chi connectivity index (χ0n) is 13.1. The molecular weight excluding hydrogens is 286 g/mol. The van der Waals surface area contributed by atoms with Gasteiger partial charge in [-0.05, 0) is 55.8 Å². The molecule has 2 aromatic carbocycles. The molecule has 1 amide bonds. The van der Waals surface area contributed by atoms with Crippen LogP contribution in [0.3, 0.4) is 0 Å². The first-order valence-electron chi connectivity index (χ1n) is 7.82. The number of nitriles is 1. The summed E-state index contributed by atoms with van der Waals surface area (Å²) in [6.45, 7) is 2.45. The predicted molar refractivity (Wildman–Crippen MR) is 91.1 cm³/mol. The molecule has 2 aromatic rings. The van der Waals surface area contributed by atoms with Gasteiger partial charge < -0.3 is 10.6 Å². The molecule has 0 atom stereocenters. The van der Waals surface area contributed by atoms with Gasteiger partial charge in [-0.25, -0.2) is 0 Å². The topological polar surface area (TPSA) is 64.9 Å². The van der Waals surface area contributed by atoms with E-state index in [1.165, 1.54) is 5.56 Å². The Kier molecular flexibility index (Phi) is 6.83. The second-order valence-corrected chi connectivity index (χ2v) is 5.28. The molecule has 0 saturated heterocycles. The van der Waals surface area contributed by atoms with Gasteiger partial charge in [-0.2, -0.15) is 5.26 Å². The van der Waals surface area contributed by atoms with Crippen LogP contribution in [0.4, 0.5) is 0 Å². The number of hydrogen-bond acceptors (Lipinski definition) is 3. The fourth-order valence-electron chi connectivity index (χ4n) is 2.22. The van der Waals surface area contributed by atoms with Crippen LogP contribution >= 0.6 is 0 Å². The Labute approximate surface area is 137 Å². The van der Waals surface area contributed by atoms with E-state index in [1.807, 2.05) is 24.3 Å². The molecule has 0 unspecified atom stereocenters. The Hall–Kier alpha value is -2.64. The van der Waals surface area contributed by atoms with Crippen LogP contribution in [0.25, 0.3) is 0 Å². The average molecular weight is 307 g/mol. The zero-order valence-corrected chi connectivity index (χ0v) is 13.1. The Bertz CT molecular complexity index is 645. The van der Waals surface area contributed by atoms with Crippen molar-refractivity contribution in [3.05, 3.63) is 71.3 Å². The average Bonchev–Trinajstić information content (AvgIpc) is 2.61. The van der Waals surface area contributed by atoms with Gasteiger partial charge in [0.05, 0.1) is 11.6 Å². The van der Waals surface area contributed by atoms with Crippen molar-refractivity contribution < 1.29 is 4.79 Å². The highest BCUT2D eigenvalue weighted by Crippen LogP contribution is 2.03. The van der Waals surface area contributed by atoms with E-state index >= 15 is 0 Å². The van der Waals surface area contributed by atoms with Crippen molar-refractivity contribution in [1.82, 2.24) is 10.6 Å². The summed E-state index contributed by atoms with van der Waals surface area (Å²) in [5.41, 5.74) is 2.47. The fourth-order valence-corrected chi connectivity index (χ4v) is 2.22. The number of nitrogens with one attached hydrogen (secondary N) is 2. The van der Waals surface area contributed by atoms with Crippen LogP contribution in [0.1, 0.15) is 27.9 Å². The van der Waals surface area contributed by atoms with Crippen LogP contribution in [0.15, 0.2) is 54.6 Å². The zero-order chi connectivity index (χ0) is 16.3. The molecule has 4 heteroatoms. The van der Waals surface area contributed by atoms with Gasteiger partial charge in [0.1, 0.15) is 0 Å². The molecule has 23 heavy (non-hydrogen) atoms.